The number of halogens is 3. The quantitative estimate of drug-likeness (QED) is 0.444. The third-order valence-corrected chi connectivity index (χ3v) is 6.19. The fourth-order valence-corrected chi connectivity index (χ4v) is 4.17. The fourth-order valence-electron chi connectivity index (χ4n) is 4.17. The number of rotatable bonds is 8. The first-order valence-corrected chi connectivity index (χ1v) is 11.8. The van der Waals surface area contributed by atoms with E-state index in [0.717, 1.165) is 13.3 Å². The lowest BCUT2D eigenvalue weighted by Gasteiger charge is -2.45. The van der Waals surface area contributed by atoms with Crippen molar-refractivity contribution in [2.45, 2.75) is 44.5 Å². The average molecular weight is 525 g/mol. The molecule has 0 radical (unpaired) electrons. The Hall–Kier alpha value is -3.52. The number of ketones is 1. The van der Waals surface area contributed by atoms with Crippen molar-refractivity contribution in [3.8, 4) is 5.88 Å². The molecule has 2 bridgehead atoms. The normalized spacial score (nSPS) is 18.6. The smallest absolute Gasteiger partial charge is 0.391 e. The van der Waals surface area contributed by atoms with E-state index in [1.165, 1.54) is 23.2 Å². The lowest BCUT2D eigenvalue weighted by atomic mass is 10.00. The van der Waals surface area contributed by atoms with E-state index in [2.05, 4.69) is 20.3 Å². The highest BCUT2D eigenvalue weighted by molar-refractivity contribution is 6.04. The van der Waals surface area contributed by atoms with Crippen molar-refractivity contribution in [3.05, 3.63) is 30.2 Å². The van der Waals surface area contributed by atoms with E-state index in [1.807, 2.05) is 4.90 Å². The molecule has 4 heterocycles. The number of hydrogen-bond acceptors (Lipinski definition) is 9. The Balaban J connectivity index is 1.57. The molecule has 0 aliphatic carbocycles. The maximum absolute atomic E-state index is 13.4. The number of Topliss-reactive ketones (excluding diaryl/α,β-unsaturated/α-hetero) is 1. The minimum Gasteiger partial charge on any atom is -0.475 e. The van der Waals surface area contributed by atoms with E-state index in [1.54, 1.807) is 6.07 Å². The molecule has 2 aromatic heterocycles. The van der Waals surface area contributed by atoms with Crippen LogP contribution < -0.4 is 19.9 Å². The number of carbonyl (C=O) groups is 2. The van der Waals surface area contributed by atoms with E-state index < -0.39 is 43.0 Å². The van der Waals surface area contributed by atoms with Gasteiger partial charge in [0, 0.05) is 25.6 Å². The summed E-state index contributed by atoms with van der Waals surface area (Å²) in [5.41, 5.74) is 0.509. The molecule has 11 nitrogen and oxygen atoms in total. The van der Waals surface area contributed by atoms with Gasteiger partial charge in [-0.2, -0.15) is 18.2 Å². The van der Waals surface area contributed by atoms with Crippen LogP contribution in [0.3, 0.4) is 0 Å². The predicted molar refractivity (Wildman–Crippen MR) is 126 cm³/mol. The maximum atomic E-state index is 13.4. The van der Waals surface area contributed by atoms with Crippen LogP contribution in [0.1, 0.15) is 36.8 Å². The van der Waals surface area contributed by atoms with E-state index >= 15 is 0 Å². The minimum atomic E-state index is -4.53. The number of anilines is 3. The second kappa shape index (κ2) is 10.8. The van der Waals surface area contributed by atoms with Crippen molar-refractivity contribution in [2.75, 3.05) is 41.4 Å². The minimum absolute atomic E-state index is 0.113. The Morgan fingerprint density at radius 2 is 2.08 bits per heavy atom. The van der Waals surface area contributed by atoms with Gasteiger partial charge < -0.3 is 19.8 Å². The second-order valence-corrected chi connectivity index (χ2v) is 9.02. The van der Waals surface area contributed by atoms with Gasteiger partial charge in [-0.15, -0.1) is 0 Å². The Kier molecular flexibility index (Phi) is 7.78. The summed E-state index contributed by atoms with van der Waals surface area (Å²) in [5, 5.41) is 21.0. The summed E-state index contributed by atoms with van der Waals surface area (Å²) in [6, 6.07) is 3.75. The van der Waals surface area contributed by atoms with Crippen molar-refractivity contribution >= 4 is 29.1 Å². The molecule has 4 rings (SSSR count). The Bertz CT molecular complexity index is 1150. The van der Waals surface area contributed by atoms with Crippen molar-refractivity contribution in [1.82, 2.24) is 15.0 Å². The van der Waals surface area contributed by atoms with E-state index in [0.29, 0.717) is 25.2 Å². The van der Waals surface area contributed by atoms with Crippen LogP contribution in [-0.4, -0.2) is 81.6 Å². The Labute approximate surface area is 210 Å². The number of urea groups is 1. The zero-order valence-electron chi connectivity index (χ0n) is 20.0. The number of aliphatic hydroxyl groups excluding tert-OH is 2. The first kappa shape index (κ1) is 26.5. The molecular formula is C23H27F3N6O5. The van der Waals surface area contributed by atoms with Crippen molar-refractivity contribution in [1.29, 1.82) is 0 Å². The number of piperidine rings is 1. The van der Waals surface area contributed by atoms with E-state index in [-0.39, 0.29) is 36.0 Å². The molecule has 0 aromatic carbocycles. The number of carbonyl (C=O) groups excluding carboxylic acids is 2. The largest absolute Gasteiger partial charge is 0.475 e. The summed E-state index contributed by atoms with van der Waals surface area (Å²) in [4.78, 5) is 41.8. The summed E-state index contributed by atoms with van der Waals surface area (Å²) in [6.45, 7) is 1.45. The molecule has 3 N–H and O–H groups in total. The molecule has 37 heavy (non-hydrogen) atoms. The van der Waals surface area contributed by atoms with Gasteiger partial charge in [-0.05, 0) is 18.9 Å². The van der Waals surface area contributed by atoms with Crippen LogP contribution in [0.15, 0.2) is 24.4 Å². The zero-order valence-corrected chi connectivity index (χ0v) is 20.0. The van der Waals surface area contributed by atoms with Crippen molar-refractivity contribution in [3.63, 3.8) is 0 Å². The van der Waals surface area contributed by atoms with Gasteiger partial charge in [-0.1, -0.05) is 13.0 Å². The molecular weight excluding hydrogens is 497 g/mol. The molecule has 14 heteroatoms. The number of amides is 2. The lowest BCUT2D eigenvalue weighted by molar-refractivity contribution is -0.168. The number of nitrogens with one attached hydrogen (secondary N) is 1. The molecule has 0 spiro atoms. The number of ether oxygens (including phenoxy) is 1. The highest BCUT2D eigenvalue weighted by Crippen LogP contribution is 2.38. The SMILES string of the molecule is C[C@@H](CC(=O)c1ncc2c(n1)N(C(=O)Nc1cccc(OC[C@H](O)CO)n1)[C@H]1CCCN2C1)C(F)(F)F. The highest BCUT2D eigenvalue weighted by atomic mass is 19.4. The molecule has 1 fully saturated rings. The fraction of sp³-hybridized carbons (Fsp3) is 0.522. The topological polar surface area (TPSA) is 141 Å². The number of aromatic nitrogens is 3. The molecule has 2 aliphatic heterocycles. The molecule has 1 saturated heterocycles. The van der Waals surface area contributed by atoms with Gasteiger partial charge in [0.25, 0.3) is 0 Å². The molecule has 2 aliphatic rings. The van der Waals surface area contributed by atoms with Crippen LogP contribution in [0.4, 0.5) is 35.3 Å². The average Bonchev–Trinajstić information content (AvgIpc) is 2.86. The maximum Gasteiger partial charge on any atom is 0.391 e. The van der Waals surface area contributed by atoms with Crippen LogP contribution in [0, 0.1) is 5.92 Å². The van der Waals surface area contributed by atoms with Gasteiger partial charge in [-0.3, -0.25) is 15.0 Å². The van der Waals surface area contributed by atoms with Gasteiger partial charge in [-0.25, -0.2) is 14.8 Å². The van der Waals surface area contributed by atoms with Gasteiger partial charge in [0.05, 0.1) is 30.5 Å². The standard InChI is InChI=1S/C23H27F3N6O5/c1-13(23(24,25)26)8-17(35)20-27-9-16-21(30-20)32(14-4-3-7-31(16)10-14)22(36)29-18-5-2-6-19(28-18)37-12-15(34)11-33/h2,5-6,9,13-15,33-34H,3-4,7-8,10-12H2,1H3,(H,28,29,36)/t13-,14-,15+/m0/s1. The number of hydrogen-bond donors (Lipinski definition) is 3. The van der Waals surface area contributed by atoms with Crippen molar-refractivity contribution < 1.29 is 37.7 Å². The van der Waals surface area contributed by atoms with Gasteiger partial charge in [0.2, 0.25) is 11.7 Å². The number of pyridine rings is 1. The van der Waals surface area contributed by atoms with Crippen LogP contribution in [-0.2, 0) is 0 Å². The zero-order chi connectivity index (χ0) is 26.7. The summed E-state index contributed by atoms with van der Waals surface area (Å²) in [5.74, 6) is -2.71. The molecule has 0 saturated carbocycles. The highest BCUT2D eigenvalue weighted by Gasteiger charge is 2.40. The number of aliphatic hydroxyl groups is 2. The van der Waals surface area contributed by atoms with Gasteiger partial charge in [0.1, 0.15) is 18.5 Å². The monoisotopic (exact) mass is 524 g/mol. The van der Waals surface area contributed by atoms with Crippen LogP contribution in [0.25, 0.3) is 0 Å². The summed E-state index contributed by atoms with van der Waals surface area (Å²) in [6.07, 6.45) is -3.59. The molecule has 3 atom stereocenters. The van der Waals surface area contributed by atoms with E-state index in [4.69, 9.17) is 9.84 Å². The summed E-state index contributed by atoms with van der Waals surface area (Å²) >= 11 is 0. The summed E-state index contributed by atoms with van der Waals surface area (Å²) < 4.78 is 44.2. The molecule has 2 aromatic rings. The number of nitrogens with zero attached hydrogens (tertiary/aromatic N) is 5. The Morgan fingerprint density at radius 3 is 2.81 bits per heavy atom. The first-order valence-electron chi connectivity index (χ1n) is 11.8. The third kappa shape index (κ3) is 6.07. The molecule has 200 valence electrons. The number of alkyl halides is 3. The van der Waals surface area contributed by atoms with Gasteiger partial charge >= 0.3 is 12.2 Å². The lowest BCUT2D eigenvalue weighted by Crippen LogP contribution is -2.56. The van der Waals surface area contributed by atoms with Crippen molar-refractivity contribution in [2.24, 2.45) is 5.92 Å². The number of fused-ring (bicyclic) bond motifs is 4. The van der Waals surface area contributed by atoms with Crippen LogP contribution >= 0.6 is 0 Å². The Morgan fingerprint density at radius 1 is 1.30 bits per heavy atom. The van der Waals surface area contributed by atoms with Crippen LogP contribution in [0.5, 0.6) is 5.88 Å². The van der Waals surface area contributed by atoms with E-state index in [9.17, 15) is 27.9 Å². The summed E-state index contributed by atoms with van der Waals surface area (Å²) in [7, 11) is 0. The second-order valence-electron chi connectivity index (χ2n) is 9.02. The third-order valence-electron chi connectivity index (χ3n) is 6.19. The van der Waals surface area contributed by atoms with Gasteiger partial charge in [0.15, 0.2) is 11.6 Å². The first-order chi connectivity index (χ1) is 17.6. The van der Waals surface area contributed by atoms with Crippen LogP contribution in [0.2, 0.25) is 0 Å². The predicted octanol–water partition coefficient (Wildman–Crippen LogP) is 2.40. The molecule has 2 amide bonds. The molecule has 0 unspecified atom stereocenters.